The van der Waals surface area contributed by atoms with Gasteiger partial charge >= 0.3 is 5.97 Å². The Hall–Kier alpha value is -2.21. The maximum atomic E-state index is 13.3. The normalized spacial score (nSPS) is 10.9. The van der Waals surface area contributed by atoms with Crippen molar-refractivity contribution in [1.29, 1.82) is 0 Å². The molecule has 0 atom stereocenters. The van der Waals surface area contributed by atoms with Gasteiger partial charge in [-0.05, 0) is 24.3 Å². The van der Waals surface area contributed by atoms with E-state index in [4.69, 9.17) is 0 Å². The molecule has 1 N–H and O–H groups in total. The zero-order valence-corrected chi connectivity index (χ0v) is 11.6. The smallest absolute Gasteiger partial charge is 0.355 e. The molecule has 0 bridgehead atoms. The summed E-state index contributed by atoms with van der Waals surface area (Å²) in [7, 11) is 0. The molecule has 0 unspecified atom stereocenters. The van der Waals surface area contributed by atoms with Crippen molar-refractivity contribution in [1.82, 2.24) is 9.38 Å². The van der Waals surface area contributed by atoms with Crippen LogP contribution < -0.4 is 0 Å². The first kappa shape index (κ1) is 12.8. The van der Waals surface area contributed by atoms with Crippen molar-refractivity contribution >= 4 is 27.5 Å². The predicted octanol–water partition coefficient (Wildman–Crippen LogP) is 3.60. The molecule has 0 aliphatic carbocycles. The third-order valence-corrected chi connectivity index (χ3v) is 3.43. The highest BCUT2D eigenvalue weighted by atomic mass is 79.9. The van der Waals surface area contributed by atoms with E-state index in [1.165, 1.54) is 16.5 Å². The number of aromatic nitrogens is 2. The van der Waals surface area contributed by atoms with Gasteiger partial charge in [0.2, 0.25) is 0 Å². The lowest BCUT2D eigenvalue weighted by Crippen LogP contribution is -2.03. The molecule has 2 aromatic heterocycles. The molecule has 20 heavy (non-hydrogen) atoms. The molecule has 0 fully saturated rings. The first-order valence-corrected chi connectivity index (χ1v) is 6.52. The van der Waals surface area contributed by atoms with Crippen LogP contribution in [0.5, 0.6) is 0 Å². The van der Waals surface area contributed by atoms with Gasteiger partial charge in [0, 0.05) is 16.2 Å². The Morgan fingerprint density at radius 1 is 1.20 bits per heavy atom. The fraction of sp³-hybridized carbons (Fsp3) is 0. The van der Waals surface area contributed by atoms with Crippen LogP contribution in [0.1, 0.15) is 10.5 Å². The maximum Gasteiger partial charge on any atom is 0.355 e. The van der Waals surface area contributed by atoms with Crippen LogP contribution in [0.15, 0.2) is 47.1 Å². The van der Waals surface area contributed by atoms with Crippen molar-refractivity contribution in [2.24, 2.45) is 0 Å². The quantitative estimate of drug-likeness (QED) is 0.779. The van der Waals surface area contributed by atoms with E-state index >= 15 is 0 Å². The number of carboxylic acid groups (broad SMARTS) is 1. The van der Waals surface area contributed by atoms with Gasteiger partial charge in [-0.25, -0.2) is 14.2 Å². The number of carbonyl (C=O) groups is 1. The van der Waals surface area contributed by atoms with Gasteiger partial charge in [0.05, 0.1) is 0 Å². The molecule has 0 spiro atoms. The van der Waals surface area contributed by atoms with Gasteiger partial charge in [0.15, 0.2) is 5.69 Å². The molecular formula is C14H8BrFN2O2. The van der Waals surface area contributed by atoms with Crippen molar-refractivity contribution in [2.75, 3.05) is 0 Å². The van der Waals surface area contributed by atoms with Crippen molar-refractivity contribution < 1.29 is 14.3 Å². The van der Waals surface area contributed by atoms with E-state index in [1.54, 1.807) is 24.3 Å². The summed E-state index contributed by atoms with van der Waals surface area (Å²) in [5.74, 6) is -1.67. The Labute approximate surface area is 121 Å². The van der Waals surface area contributed by atoms with E-state index in [9.17, 15) is 14.3 Å². The first-order chi connectivity index (χ1) is 9.56. The van der Waals surface area contributed by atoms with Gasteiger partial charge in [-0.3, -0.25) is 4.40 Å². The lowest BCUT2D eigenvalue weighted by molar-refractivity contribution is 0.0690. The van der Waals surface area contributed by atoms with Crippen molar-refractivity contribution in [3.05, 3.63) is 58.6 Å². The monoisotopic (exact) mass is 334 g/mol. The van der Waals surface area contributed by atoms with Crippen LogP contribution in [0, 0.1) is 5.82 Å². The van der Waals surface area contributed by atoms with E-state index in [-0.39, 0.29) is 5.69 Å². The average molecular weight is 335 g/mol. The van der Waals surface area contributed by atoms with Gasteiger partial charge in [-0.2, -0.15) is 0 Å². The molecule has 3 aromatic rings. The Morgan fingerprint density at radius 3 is 2.55 bits per heavy atom. The Kier molecular flexibility index (Phi) is 3.02. The van der Waals surface area contributed by atoms with Gasteiger partial charge in [0.25, 0.3) is 0 Å². The Morgan fingerprint density at radius 2 is 1.90 bits per heavy atom. The summed E-state index contributed by atoms with van der Waals surface area (Å²) >= 11 is 3.32. The van der Waals surface area contributed by atoms with E-state index in [0.717, 1.165) is 10.7 Å². The SMILES string of the molecule is O=C(O)c1c(-c2ccc(Br)cc2)nc2ccc(F)cn12. The van der Waals surface area contributed by atoms with Gasteiger partial charge in [-0.1, -0.05) is 28.1 Å². The molecule has 0 saturated carbocycles. The summed E-state index contributed by atoms with van der Waals surface area (Å²) in [6.07, 6.45) is 1.12. The lowest BCUT2D eigenvalue weighted by atomic mass is 10.1. The molecule has 0 amide bonds. The molecule has 100 valence electrons. The predicted molar refractivity (Wildman–Crippen MR) is 75.2 cm³/mol. The fourth-order valence-corrected chi connectivity index (χ4v) is 2.30. The number of benzene rings is 1. The molecular weight excluding hydrogens is 327 g/mol. The molecule has 0 aliphatic rings. The maximum absolute atomic E-state index is 13.3. The lowest BCUT2D eigenvalue weighted by Gasteiger charge is -2.00. The summed E-state index contributed by atoms with van der Waals surface area (Å²) in [4.78, 5) is 15.7. The number of pyridine rings is 1. The zero-order valence-electron chi connectivity index (χ0n) is 10.0. The van der Waals surface area contributed by atoms with Crippen molar-refractivity contribution in [2.45, 2.75) is 0 Å². The van der Waals surface area contributed by atoms with Crippen LogP contribution in [0.2, 0.25) is 0 Å². The molecule has 6 heteroatoms. The fourth-order valence-electron chi connectivity index (χ4n) is 2.03. The number of fused-ring (bicyclic) bond motifs is 1. The van der Waals surface area contributed by atoms with Crippen LogP contribution in [0.25, 0.3) is 16.9 Å². The third kappa shape index (κ3) is 2.08. The van der Waals surface area contributed by atoms with Crippen LogP contribution in [-0.4, -0.2) is 20.5 Å². The van der Waals surface area contributed by atoms with Crippen molar-refractivity contribution in [3.63, 3.8) is 0 Å². The van der Waals surface area contributed by atoms with E-state index in [0.29, 0.717) is 16.9 Å². The van der Waals surface area contributed by atoms with Crippen LogP contribution in [0.4, 0.5) is 4.39 Å². The standard InChI is InChI=1S/C14H8BrFN2O2/c15-9-3-1-8(2-4-9)12-13(14(19)20)18-7-10(16)5-6-11(18)17-12/h1-7H,(H,19,20). The van der Waals surface area contributed by atoms with Crippen LogP contribution in [-0.2, 0) is 0 Å². The number of imidazole rings is 1. The summed E-state index contributed by atoms with van der Waals surface area (Å²) in [5, 5.41) is 9.37. The molecule has 0 radical (unpaired) electrons. The summed E-state index contributed by atoms with van der Waals surface area (Å²) in [6, 6.07) is 9.81. The highest BCUT2D eigenvalue weighted by molar-refractivity contribution is 9.10. The second kappa shape index (κ2) is 4.72. The number of halogens is 2. The average Bonchev–Trinajstić information content (AvgIpc) is 2.78. The van der Waals surface area contributed by atoms with Crippen molar-refractivity contribution in [3.8, 4) is 11.3 Å². The Balaban J connectivity index is 2.32. The topological polar surface area (TPSA) is 54.6 Å². The Bertz CT molecular complexity index is 812. The van der Waals surface area contributed by atoms with Gasteiger partial charge < -0.3 is 5.11 Å². The summed E-state index contributed by atoms with van der Waals surface area (Å²) in [6.45, 7) is 0. The van der Waals surface area contributed by atoms with E-state index in [1.807, 2.05) is 0 Å². The minimum absolute atomic E-state index is 0.0539. The molecule has 0 aliphatic heterocycles. The van der Waals surface area contributed by atoms with Crippen LogP contribution >= 0.6 is 15.9 Å². The number of rotatable bonds is 2. The van der Waals surface area contributed by atoms with E-state index < -0.39 is 11.8 Å². The highest BCUT2D eigenvalue weighted by Gasteiger charge is 2.20. The summed E-state index contributed by atoms with van der Waals surface area (Å²) < 4.78 is 15.4. The molecule has 4 nitrogen and oxygen atoms in total. The zero-order chi connectivity index (χ0) is 14.3. The second-order valence-corrected chi connectivity index (χ2v) is 5.11. The molecule has 0 saturated heterocycles. The summed E-state index contributed by atoms with van der Waals surface area (Å²) in [5.41, 5.74) is 1.31. The number of aromatic carboxylic acids is 1. The molecule has 1 aromatic carbocycles. The number of hydrogen-bond donors (Lipinski definition) is 1. The first-order valence-electron chi connectivity index (χ1n) is 5.73. The number of carboxylic acids is 1. The minimum Gasteiger partial charge on any atom is -0.476 e. The number of hydrogen-bond acceptors (Lipinski definition) is 2. The molecule has 2 heterocycles. The minimum atomic E-state index is -1.15. The molecule has 3 rings (SSSR count). The van der Waals surface area contributed by atoms with Gasteiger partial charge in [-0.15, -0.1) is 0 Å². The number of nitrogens with zero attached hydrogens (tertiary/aromatic N) is 2. The second-order valence-electron chi connectivity index (χ2n) is 4.20. The van der Waals surface area contributed by atoms with Gasteiger partial charge in [0.1, 0.15) is 17.2 Å². The largest absolute Gasteiger partial charge is 0.476 e. The highest BCUT2D eigenvalue weighted by Crippen LogP contribution is 2.26. The third-order valence-electron chi connectivity index (χ3n) is 2.90. The van der Waals surface area contributed by atoms with E-state index in [2.05, 4.69) is 20.9 Å². The van der Waals surface area contributed by atoms with Crippen LogP contribution in [0.3, 0.4) is 0 Å².